The van der Waals surface area contributed by atoms with Crippen LogP contribution in [0.3, 0.4) is 0 Å². The van der Waals surface area contributed by atoms with Crippen molar-refractivity contribution >= 4 is 5.78 Å². The van der Waals surface area contributed by atoms with Crippen molar-refractivity contribution in [1.82, 2.24) is 9.55 Å². The Morgan fingerprint density at radius 1 is 1.56 bits per heavy atom. The molecule has 1 aromatic heterocycles. The van der Waals surface area contributed by atoms with Gasteiger partial charge in [0.15, 0.2) is 5.78 Å². The highest BCUT2D eigenvalue weighted by molar-refractivity contribution is 5.93. The third kappa shape index (κ3) is 2.46. The van der Waals surface area contributed by atoms with Gasteiger partial charge in [-0.25, -0.2) is 4.79 Å². The molecule has 0 aliphatic heterocycles. The highest BCUT2D eigenvalue weighted by Gasteiger charge is 2.12. The predicted molar refractivity (Wildman–Crippen MR) is 57.8 cm³/mol. The normalized spacial score (nSPS) is 12.4. The van der Waals surface area contributed by atoms with Gasteiger partial charge in [0, 0.05) is 13.3 Å². The van der Waals surface area contributed by atoms with Crippen LogP contribution in [0, 0.1) is 0 Å². The van der Waals surface area contributed by atoms with Gasteiger partial charge in [0.25, 0.3) is 5.56 Å². The fraction of sp³-hybridized carbons (Fsp3) is 0.500. The zero-order chi connectivity index (χ0) is 12.3. The topological polar surface area (TPSA) is 81.2 Å². The lowest BCUT2D eigenvalue weighted by molar-refractivity contribution is 0.0982. The Bertz CT molecular complexity index is 500. The van der Waals surface area contributed by atoms with Crippen LogP contribution in [0.15, 0.2) is 15.8 Å². The quantitative estimate of drug-likeness (QED) is 0.719. The molecule has 0 aliphatic carbocycles. The Balaban J connectivity index is 3.27. The van der Waals surface area contributed by atoms with Crippen molar-refractivity contribution in [2.75, 3.05) is 7.11 Å². The minimum absolute atomic E-state index is 0.0251. The van der Waals surface area contributed by atoms with E-state index in [0.717, 1.165) is 10.8 Å². The third-order valence-electron chi connectivity index (χ3n) is 2.28. The van der Waals surface area contributed by atoms with Crippen LogP contribution in [-0.4, -0.2) is 28.5 Å². The molecule has 0 saturated carbocycles. The van der Waals surface area contributed by atoms with Crippen LogP contribution in [0.2, 0.25) is 0 Å². The molecule has 1 heterocycles. The van der Waals surface area contributed by atoms with Crippen molar-refractivity contribution in [3.05, 3.63) is 32.6 Å². The summed E-state index contributed by atoms with van der Waals surface area (Å²) in [7, 11) is 1.48. The molecule has 0 bridgehead atoms. The van der Waals surface area contributed by atoms with Gasteiger partial charge in [-0.1, -0.05) is 0 Å². The van der Waals surface area contributed by atoms with Crippen LogP contribution < -0.4 is 11.2 Å². The molecular formula is C10H14N2O4. The number of hydrogen-bond acceptors (Lipinski definition) is 4. The maximum absolute atomic E-state index is 11.7. The van der Waals surface area contributed by atoms with Gasteiger partial charge in [0.2, 0.25) is 0 Å². The summed E-state index contributed by atoms with van der Waals surface area (Å²) in [4.78, 5) is 36.6. The number of aromatic nitrogens is 2. The summed E-state index contributed by atoms with van der Waals surface area (Å²) in [6.07, 6.45) is 0.863. The number of nitrogens with one attached hydrogen (secondary N) is 1. The van der Waals surface area contributed by atoms with Crippen molar-refractivity contribution in [3.8, 4) is 0 Å². The average molecular weight is 226 g/mol. The number of rotatable bonds is 4. The lowest BCUT2D eigenvalue weighted by Crippen LogP contribution is -2.40. The predicted octanol–water partition coefficient (Wildman–Crippen LogP) is -0.226. The first-order chi connectivity index (χ1) is 7.47. The number of Topliss-reactive ketones (excluding diaryl/α,β-unsaturated/α-hetero) is 1. The largest absolute Gasteiger partial charge is 0.380 e. The maximum Gasteiger partial charge on any atom is 0.328 e. The number of H-pyrrole nitrogens is 1. The zero-order valence-electron chi connectivity index (χ0n) is 9.44. The van der Waals surface area contributed by atoms with Crippen molar-refractivity contribution in [1.29, 1.82) is 0 Å². The molecule has 1 rings (SSSR count). The molecule has 6 heteroatoms. The third-order valence-corrected chi connectivity index (χ3v) is 2.28. The molecule has 16 heavy (non-hydrogen) atoms. The van der Waals surface area contributed by atoms with E-state index in [-0.39, 0.29) is 24.0 Å². The van der Waals surface area contributed by atoms with Crippen molar-refractivity contribution in [3.63, 3.8) is 0 Å². The van der Waals surface area contributed by atoms with E-state index in [2.05, 4.69) is 4.98 Å². The van der Waals surface area contributed by atoms with Gasteiger partial charge in [-0.2, -0.15) is 0 Å². The molecule has 88 valence electrons. The molecule has 0 amide bonds. The number of aromatic amines is 1. The second-order valence-electron chi connectivity index (χ2n) is 3.53. The summed E-state index contributed by atoms with van der Waals surface area (Å²) in [5, 5.41) is 0. The highest BCUT2D eigenvalue weighted by Crippen LogP contribution is 1.92. The van der Waals surface area contributed by atoms with E-state index in [1.165, 1.54) is 14.0 Å². The fourth-order valence-corrected chi connectivity index (χ4v) is 1.26. The minimum Gasteiger partial charge on any atom is -0.380 e. The van der Waals surface area contributed by atoms with E-state index >= 15 is 0 Å². The Kier molecular flexibility index (Phi) is 3.78. The molecule has 1 N–H and O–H groups in total. The molecule has 1 aromatic rings. The van der Waals surface area contributed by atoms with Crippen LogP contribution in [0.25, 0.3) is 0 Å². The highest BCUT2D eigenvalue weighted by atomic mass is 16.5. The summed E-state index contributed by atoms with van der Waals surface area (Å²) >= 11 is 0. The van der Waals surface area contributed by atoms with E-state index in [9.17, 15) is 14.4 Å². The number of ether oxygens (including phenoxy) is 1. The standard InChI is InChI=1S/C10H14N2O4/c1-6(16-3)5-12-9(14)8(7(2)13)4-11-10(12)15/h4,6H,5H2,1-3H3,(H,11,15). The van der Waals surface area contributed by atoms with E-state index < -0.39 is 11.2 Å². The Morgan fingerprint density at radius 2 is 2.19 bits per heavy atom. The molecular weight excluding hydrogens is 212 g/mol. The van der Waals surface area contributed by atoms with E-state index in [4.69, 9.17) is 4.74 Å². The smallest absolute Gasteiger partial charge is 0.328 e. The second kappa shape index (κ2) is 4.89. The maximum atomic E-state index is 11.7. The molecule has 0 spiro atoms. The molecule has 0 fully saturated rings. The van der Waals surface area contributed by atoms with Crippen molar-refractivity contribution in [2.45, 2.75) is 26.5 Å². The van der Waals surface area contributed by atoms with Crippen LogP contribution in [0.1, 0.15) is 24.2 Å². The van der Waals surface area contributed by atoms with Gasteiger partial charge in [0.1, 0.15) is 0 Å². The van der Waals surface area contributed by atoms with Crippen LogP contribution >= 0.6 is 0 Å². The lowest BCUT2D eigenvalue weighted by atomic mass is 10.2. The molecule has 0 saturated heterocycles. The van der Waals surface area contributed by atoms with Gasteiger partial charge in [-0.15, -0.1) is 0 Å². The first kappa shape index (κ1) is 12.4. The molecule has 6 nitrogen and oxygen atoms in total. The number of ketones is 1. The fourth-order valence-electron chi connectivity index (χ4n) is 1.26. The zero-order valence-corrected chi connectivity index (χ0v) is 9.44. The molecule has 0 radical (unpaired) electrons. The van der Waals surface area contributed by atoms with Crippen molar-refractivity contribution in [2.24, 2.45) is 0 Å². The molecule has 0 aliphatic rings. The summed E-state index contributed by atoms with van der Waals surface area (Å²) in [5.41, 5.74) is -1.15. The number of carbonyl (C=O) groups is 1. The van der Waals surface area contributed by atoms with Crippen LogP contribution in [0.5, 0.6) is 0 Å². The molecule has 1 atom stereocenters. The first-order valence-corrected chi connectivity index (χ1v) is 4.83. The average Bonchev–Trinajstić information content (AvgIpc) is 2.23. The Labute approximate surface area is 91.9 Å². The SMILES string of the molecule is COC(C)Cn1c(=O)[nH]cc(C(C)=O)c1=O. The minimum atomic E-state index is -0.583. The number of hydrogen-bond donors (Lipinski definition) is 1. The molecule has 1 unspecified atom stereocenters. The van der Waals surface area contributed by atoms with E-state index in [0.29, 0.717) is 0 Å². The van der Waals surface area contributed by atoms with Gasteiger partial charge in [0.05, 0.1) is 18.2 Å². The van der Waals surface area contributed by atoms with Crippen LogP contribution in [-0.2, 0) is 11.3 Å². The second-order valence-corrected chi connectivity index (χ2v) is 3.53. The summed E-state index contributed by atoms with van der Waals surface area (Å²) in [6, 6.07) is 0. The summed E-state index contributed by atoms with van der Waals surface area (Å²) < 4.78 is 5.93. The van der Waals surface area contributed by atoms with E-state index in [1.807, 2.05) is 0 Å². The molecule has 0 aromatic carbocycles. The van der Waals surface area contributed by atoms with Gasteiger partial charge in [-0.3, -0.25) is 14.2 Å². The number of carbonyl (C=O) groups excluding carboxylic acids is 1. The Hall–Kier alpha value is -1.69. The van der Waals surface area contributed by atoms with Gasteiger partial charge >= 0.3 is 5.69 Å². The van der Waals surface area contributed by atoms with Crippen molar-refractivity contribution < 1.29 is 9.53 Å². The summed E-state index contributed by atoms with van der Waals surface area (Å²) in [6.45, 7) is 3.12. The summed E-state index contributed by atoms with van der Waals surface area (Å²) in [5.74, 6) is -0.375. The number of nitrogens with zero attached hydrogens (tertiary/aromatic N) is 1. The number of methoxy groups -OCH3 is 1. The van der Waals surface area contributed by atoms with E-state index in [1.54, 1.807) is 6.92 Å². The van der Waals surface area contributed by atoms with Crippen LogP contribution in [0.4, 0.5) is 0 Å². The monoisotopic (exact) mass is 226 g/mol. The van der Waals surface area contributed by atoms with Gasteiger partial charge in [-0.05, 0) is 13.8 Å². The van der Waals surface area contributed by atoms with Gasteiger partial charge < -0.3 is 9.72 Å². The Morgan fingerprint density at radius 3 is 2.69 bits per heavy atom. The lowest BCUT2D eigenvalue weighted by Gasteiger charge is -2.10. The first-order valence-electron chi connectivity index (χ1n) is 4.83.